The normalized spacial score (nSPS) is 23.3. The molecule has 0 bridgehead atoms. The van der Waals surface area contributed by atoms with Crippen LogP contribution in [0, 0.1) is 5.82 Å². The Kier molecular flexibility index (Phi) is 4.39. The Hall–Kier alpha value is -2.80. The predicted octanol–water partition coefficient (Wildman–Crippen LogP) is 1.78. The predicted molar refractivity (Wildman–Crippen MR) is 98.9 cm³/mol. The van der Waals surface area contributed by atoms with Crippen molar-refractivity contribution in [3.8, 4) is 0 Å². The fourth-order valence-electron chi connectivity index (χ4n) is 3.98. The lowest BCUT2D eigenvalue weighted by Crippen LogP contribution is -2.64. The number of halogens is 1. The fraction of sp³-hybridized carbons (Fsp3) is 0.350. The summed E-state index contributed by atoms with van der Waals surface area (Å²) in [6, 6.07) is 9.60. The van der Waals surface area contributed by atoms with Crippen molar-refractivity contribution in [3.63, 3.8) is 0 Å². The Balaban J connectivity index is 1.57. The summed E-state index contributed by atoms with van der Waals surface area (Å²) in [5, 5.41) is 0. The number of carbonyl (C=O) groups excluding carboxylic acids is 2. The number of piperazine rings is 1. The van der Waals surface area contributed by atoms with Gasteiger partial charge in [0.1, 0.15) is 5.82 Å². The third-order valence-corrected chi connectivity index (χ3v) is 5.58. The summed E-state index contributed by atoms with van der Waals surface area (Å²) in [6.07, 6.45) is 3.97. The molecular weight excluding hydrogens is 347 g/mol. The first-order valence-corrected chi connectivity index (χ1v) is 8.95. The first-order chi connectivity index (χ1) is 13.0. The molecule has 2 saturated heterocycles. The zero-order valence-electron chi connectivity index (χ0n) is 15.1. The van der Waals surface area contributed by atoms with E-state index in [9.17, 15) is 14.0 Å². The standard InChI is InChI=1S/C20H21FN4O2/c1-23-12-18(26)25(17-6-2-5-16(21)10-17)14-20(23)7-9-24(13-20)19(27)15-4-3-8-22-11-15/h2-6,8,10-11H,7,9,12-14H2,1H3/t20-/m1/s1. The highest BCUT2D eigenvalue weighted by Crippen LogP contribution is 2.34. The maximum Gasteiger partial charge on any atom is 0.255 e. The van der Waals surface area contributed by atoms with Gasteiger partial charge >= 0.3 is 0 Å². The van der Waals surface area contributed by atoms with Gasteiger partial charge in [-0.25, -0.2) is 4.39 Å². The van der Waals surface area contributed by atoms with Gasteiger partial charge in [0.2, 0.25) is 5.91 Å². The van der Waals surface area contributed by atoms with Crippen LogP contribution < -0.4 is 4.90 Å². The van der Waals surface area contributed by atoms with Gasteiger partial charge in [-0.05, 0) is 43.8 Å². The molecule has 27 heavy (non-hydrogen) atoms. The van der Waals surface area contributed by atoms with Crippen LogP contribution in [0.5, 0.6) is 0 Å². The Morgan fingerprint density at radius 3 is 2.81 bits per heavy atom. The molecule has 1 atom stereocenters. The second-order valence-corrected chi connectivity index (χ2v) is 7.26. The summed E-state index contributed by atoms with van der Waals surface area (Å²) < 4.78 is 13.6. The van der Waals surface area contributed by atoms with Crippen LogP contribution in [-0.2, 0) is 4.79 Å². The SMILES string of the molecule is CN1CC(=O)N(c2cccc(F)c2)C[C@]12CCN(C(=O)c1cccnc1)C2. The lowest BCUT2D eigenvalue weighted by atomic mass is 9.92. The average Bonchev–Trinajstić information content (AvgIpc) is 3.10. The van der Waals surface area contributed by atoms with E-state index in [-0.39, 0.29) is 29.7 Å². The van der Waals surface area contributed by atoms with Crippen molar-refractivity contribution in [2.24, 2.45) is 0 Å². The highest BCUT2D eigenvalue weighted by atomic mass is 19.1. The molecule has 0 unspecified atom stereocenters. The molecule has 2 amide bonds. The molecule has 7 heteroatoms. The monoisotopic (exact) mass is 368 g/mol. The quantitative estimate of drug-likeness (QED) is 0.811. The molecule has 0 aliphatic carbocycles. The maximum atomic E-state index is 13.6. The lowest BCUT2D eigenvalue weighted by molar-refractivity contribution is -0.123. The molecule has 0 radical (unpaired) electrons. The van der Waals surface area contributed by atoms with Crippen LogP contribution in [-0.4, -0.2) is 65.4 Å². The molecule has 3 heterocycles. The van der Waals surface area contributed by atoms with E-state index < -0.39 is 0 Å². The minimum atomic E-state index is -0.368. The number of aromatic nitrogens is 1. The van der Waals surface area contributed by atoms with E-state index in [1.807, 2.05) is 16.8 Å². The highest BCUT2D eigenvalue weighted by Gasteiger charge is 2.48. The number of anilines is 1. The number of rotatable bonds is 2. The number of pyridine rings is 1. The number of nitrogens with zero attached hydrogens (tertiary/aromatic N) is 4. The summed E-state index contributed by atoms with van der Waals surface area (Å²) in [5.74, 6) is -0.485. The molecule has 0 N–H and O–H groups in total. The first-order valence-electron chi connectivity index (χ1n) is 8.95. The minimum absolute atomic E-state index is 0.0532. The molecule has 2 aliphatic heterocycles. The molecule has 0 saturated carbocycles. The van der Waals surface area contributed by atoms with E-state index in [0.29, 0.717) is 30.9 Å². The summed E-state index contributed by atoms with van der Waals surface area (Å²) >= 11 is 0. The van der Waals surface area contributed by atoms with Crippen LogP contribution >= 0.6 is 0 Å². The zero-order valence-corrected chi connectivity index (χ0v) is 15.1. The average molecular weight is 368 g/mol. The van der Waals surface area contributed by atoms with Gasteiger partial charge in [0.25, 0.3) is 5.91 Å². The Labute approximate surface area is 157 Å². The van der Waals surface area contributed by atoms with Crippen LogP contribution in [0.2, 0.25) is 0 Å². The van der Waals surface area contributed by atoms with E-state index in [2.05, 4.69) is 4.98 Å². The Bertz CT molecular complexity index is 875. The molecule has 1 aromatic heterocycles. The van der Waals surface area contributed by atoms with Gasteiger partial charge in [0.05, 0.1) is 17.6 Å². The van der Waals surface area contributed by atoms with Crippen LogP contribution in [0.25, 0.3) is 0 Å². The molecule has 4 rings (SSSR count). The van der Waals surface area contributed by atoms with Crippen molar-refractivity contribution in [2.45, 2.75) is 12.0 Å². The van der Waals surface area contributed by atoms with Crippen molar-refractivity contribution in [1.82, 2.24) is 14.8 Å². The van der Waals surface area contributed by atoms with Crippen molar-refractivity contribution >= 4 is 17.5 Å². The topological polar surface area (TPSA) is 56.8 Å². The molecule has 1 spiro atoms. The number of likely N-dealkylation sites (tertiary alicyclic amines) is 1. The van der Waals surface area contributed by atoms with Gasteiger partial charge in [-0.3, -0.25) is 19.5 Å². The van der Waals surface area contributed by atoms with E-state index in [1.165, 1.54) is 12.1 Å². The van der Waals surface area contributed by atoms with Gasteiger partial charge in [0, 0.05) is 37.7 Å². The summed E-state index contributed by atoms with van der Waals surface area (Å²) in [5.41, 5.74) is 0.786. The molecule has 140 valence electrons. The highest BCUT2D eigenvalue weighted by molar-refractivity contribution is 5.96. The molecule has 2 aliphatic rings. The van der Waals surface area contributed by atoms with Gasteiger partial charge in [-0.15, -0.1) is 0 Å². The summed E-state index contributed by atoms with van der Waals surface area (Å²) in [7, 11) is 1.92. The van der Waals surface area contributed by atoms with Crippen molar-refractivity contribution < 1.29 is 14.0 Å². The molecule has 6 nitrogen and oxygen atoms in total. The fourth-order valence-corrected chi connectivity index (χ4v) is 3.98. The van der Waals surface area contributed by atoms with E-state index in [0.717, 1.165) is 6.42 Å². The van der Waals surface area contributed by atoms with Crippen LogP contribution in [0.1, 0.15) is 16.8 Å². The Morgan fingerprint density at radius 1 is 1.22 bits per heavy atom. The minimum Gasteiger partial charge on any atom is -0.337 e. The molecular formula is C20H21FN4O2. The smallest absolute Gasteiger partial charge is 0.255 e. The van der Waals surface area contributed by atoms with Gasteiger partial charge < -0.3 is 9.80 Å². The Morgan fingerprint density at radius 2 is 2.07 bits per heavy atom. The van der Waals surface area contributed by atoms with Crippen molar-refractivity contribution in [2.75, 3.05) is 38.1 Å². The van der Waals surface area contributed by atoms with Crippen molar-refractivity contribution in [1.29, 1.82) is 0 Å². The second-order valence-electron chi connectivity index (χ2n) is 7.26. The van der Waals surface area contributed by atoms with Gasteiger partial charge in [-0.1, -0.05) is 6.07 Å². The van der Waals surface area contributed by atoms with Gasteiger partial charge in [0.15, 0.2) is 0 Å². The number of benzene rings is 1. The number of amides is 2. The van der Waals surface area contributed by atoms with E-state index in [1.54, 1.807) is 41.6 Å². The third-order valence-electron chi connectivity index (χ3n) is 5.58. The number of likely N-dealkylation sites (N-methyl/N-ethyl adjacent to an activating group) is 1. The van der Waals surface area contributed by atoms with Crippen molar-refractivity contribution in [3.05, 3.63) is 60.2 Å². The second kappa shape index (κ2) is 6.74. The number of carbonyl (C=O) groups is 2. The molecule has 1 aromatic carbocycles. The van der Waals surface area contributed by atoms with Gasteiger partial charge in [-0.2, -0.15) is 0 Å². The van der Waals surface area contributed by atoms with Crippen LogP contribution in [0.15, 0.2) is 48.8 Å². The van der Waals surface area contributed by atoms with E-state index >= 15 is 0 Å². The number of hydrogen-bond donors (Lipinski definition) is 0. The van der Waals surface area contributed by atoms with Crippen LogP contribution in [0.4, 0.5) is 10.1 Å². The number of hydrogen-bond acceptors (Lipinski definition) is 4. The van der Waals surface area contributed by atoms with E-state index in [4.69, 9.17) is 0 Å². The molecule has 2 aromatic rings. The zero-order chi connectivity index (χ0) is 19.0. The lowest BCUT2D eigenvalue weighted by Gasteiger charge is -2.46. The first kappa shape index (κ1) is 17.6. The largest absolute Gasteiger partial charge is 0.337 e. The van der Waals surface area contributed by atoms with Crippen LogP contribution in [0.3, 0.4) is 0 Å². The summed E-state index contributed by atoms with van der Waals surface area (Å²) in [4.78, 5) is 34.8. The summed E-state index contributed by atoms with van der Waals surface area (Å²) in [6.45, 7) is 1.81. The maximum absolute atomic E-state index is 13.6. The molecule has 2 fully saturated rings. The third kappa shape index (κ3) is 3.19.